The lowest BCUT2D eigenvalue weighted by Gasteiger charge is -2.26. The van der Waals surface area contributed by atoms with Crippen LogP contribution in [-0.2, 0) is 0 Å². The number of halogens is 1. The van der Waals surface area contributed by atoms with Crippen LogP contribution in [0.15, 0.2) is 0 Å². The minimum Gasteiger partial charge on any atom is -0.330 e. The maximum absolute atomic E-state index is 5.84. The molecule has 1 saturated heterocycles. The molecule has 0 aromatic rings. The van der Waals surface area contributed by atoms with Gasteiger partial charge in [-0.3, -0.25) is 0 Å². The second-order valence-corrected chi connectivity index (χ2v) is 6.33. The average Bonchev–Trinajstić information content (AvgIpc) is 2.71. The fourth-order valence-electron chi connectivity index (χ4n) is 3.32. The number of likely N-dealkylation sites (tertiary alicyclic amines) is 1. The molecule has 1 aliphatic carbocycles. The first-order valence-corrected chi connectivity index (χ1v) is 7.14. The van der Waals surface area contributed by atoms with E-state index in [9.17, 15) is 0 Å². The molecule has 2 nitrogen and oxygen atoms in total. The van der Waals surface area contributed by atoms with Crippen LogP contribution in [0.1, 0.15) is 51.9 Å². The molecule has 102 valence electrons. The molecule has 2 rings (SSSR count). The van der Waals surface area contributed by atoms with E-state index in [1.165, 1.54) is 64.6 Å². The van der Waals surface area contributed by atoms with Crippen molar-refractivity contribution in [2.45, 2.75) is 51.9 Å². The molecule has 1 atom stereocenters. The molecule has 0 aromatic heterocycles. The molecule has 1 saturated carbocycles. The maximum Gasteiger partial charge on any atom is 0.00479 e. The Bertz CT molecular complexity index is 216. The molecule has 3 heteroatoms. The number of nitrogens with two attached hydrogens (primary N) is 1. The molecule has 2 fully saturated rings. The van der Waals surface area contributed by atoms with Crippen molar-refractivity contribution in [2.24, 2.45) is 17.1 Å². The van der Waals surface area contributed by atoms with Crippen molar-refractivity contribution in [1.82, 2.24) is 4.90 Å². The van der Waals surface area contributed by atoms with E-state index < -0.39 is 0 Å². The van der Waals surface area contributed by atoms with E-state index in [0.717, 1.165) is 12.5 Å². The summed E-state index contributed by atoms with van der Waals surface area (Å²) in [6.45, 7) is 7.03. The number of hydrogen-bond donors (Lipinski definition) is 1. The normalized spacial score (nSPS) is 31.4. The Kier molecular flexibility index (Phi) is 6.25. The van der Waals surface area contributed by atoms with Gasteiger partial charge >= 0.3 is 0 Å². The summed E-state index contributed by atoms with van der Waals surface area (Å²) in [5.74, 6) is 1.03. The Labute approximate surface area is 113 Å². The Hall–Kier alpha value is 0.210. The highest BCUT2D eigenvalue weighted by atomic mass is 35.5. The maximum atomic E-state index is 5.84. The lowest BCUT2D eigenvalue weighted by molar-refractivity contribution is 0.242. The van der Waals surface area contributed by atoms with Crippen LogP contribution in [0.2, 0.25) is 0 Å². The summed E-state index contributed by atoms with van der Waals surface area (Å²) >= 11 is 0. The van der Waals surface area contributed by atoms with Crippen LogP contribution in [0.5, 0.6) is 0 Å². The van der Waals surface area contributed by atoms with Crippen molar-refractivity contribution < 1.29 is 0 Å². The van der Waals surface area contributed by atoms with Gasteiger partial charge in [0, 0.05) is 6.54 Å². The summed E-state index contributed by atoms with van der Waals surface area (Å²) in [6, 6.07) is 0. The minimum atomic E-state index is 0. The Morgan fingerprint density at radius 3 is 2.53 bits per heavy atom. The second-order valence-electron chi connectivity index (χ2n) is 6.33. The molecule has 2 aliphatic rings. The van der Waals surface area contributed by atoms with Gasteiger partial charge in [0.05, 0.1) is 0 Å². The van der Waals surface area contributed by atoms with Crippen LogP contribution in [0, 0.1) is 11.3 Å². The second kappa shape index (κ2) is 6.96. The zero-order chi connectivity index (χ0) is 11.4. The molecular weight excluding hydrogens is 232 g/mol. The topological polar surface area (TPSA) is 29.3 Å². The van der Waals surface area contributed by atoms with Gasteiger partial charge in [0.2, 0.25) is 0 Å². The van der Waals surface area contributed by atoms with E-state index in [2.05, 4.69) is 11.8 Å². The van der Waals surface area contributed by atoms with Crippen molar-refractivity contribution >= 4 is 12.4 Å². The number of hydrogen-bond acceptors (Lipinski definition) is 2. The third-order valence-corrected chi connectivity index (χ3v) is 4.71. The lowest BCUT2D eigenvalue weighted by atomic mass is 9.87. The monoisotopic (exact) mass is 260 g/mol. The van der Waals surface area contributed by atoms with Gasteiger partial charge in [-0.15, -0.1) is 12.4 Å². The van der Waals surface area contributed by atoms with Gasteiger partial charge in [-0.25, -0.2) is 0 Å². The smallest absolute Gasteiger partial charge is 0.00479 e. The molecule has 0 aromatic carbocycles. The highest BCUT2D eigenvalue weighted by Crippen LogP contribution is 2.30. The quantitative estimate of drug-likeness (QED) is 0.842. The van der Waals surface area contributed by atoms with Crippen molar-refractivity contribution in [2.75, 3.05) is 26.2 Å². The zero-order valence-electron chi connectivity index (χ0n) is 11.3. The molecule has 1 aliphatic heterocycles. The van der Waals surface area contributed by atoms with Crippen molar-refractivity contribution in [3.8, 4) is 0 Å². The molecule has 1 heterocycles. The summed E-state index contributed by atoms with van der Waals surface area (Å²) in [5, 5.41) is 0. The third-order valence-electron chi connectivity index (χ3n) is 4.71. The van der Waals surface area contributed by atoms with Crippen molar-refractivity contribution in [3.05, 3.63) is 0 Å². The number of rotatable bonds is 4. The summed E-state index contributed by atoms with van der Waals surface area (Å²) < 4.78 is 0. The molecule has 0 bridgehead atoms. The van der Waals surface area contributed by atoms with Gasteiger partial charge in [-0.1, -0.05) is 39.0 Å². The van der Waals surface area contributed by atoms with E-state index in [1.807, 2.05) is 0 Å². The minimum absolute atomic E-state index is 0. The third kappa shape index (κ3) is 4.42. The van der Waals surface area contributed by atoms with Gasteiger partial charge in [-0.05, 0) is 43.8 Å². The summed E-state index contributed by atoms with van der Waals surface area (Å²) in [7, 11) is 0. The van der Waals surface area contributed by atoms with Gasteiger partial charge in [-0.2, -0.15) is 0 Å². The van der Waals surface area contributed by atoms with E-state index >= 15 is 0 Å². The fraction of sp³-hybridized carbons (Fsp3) is 1.00. The predicted octanol–water partition coefficient (Wildman–Crippen LogP) is 3.05. The Morgan fingerprint density at radius 1 is 1.24 bits per heavy atom. The SMILES string of the molecule is CC1(CN)CCN(CCC2CCCCC2)C1.Cl. The largest absolute Gasteiger partial charge is 0.330 e. The average molecular weight is 261 g/mol. The molecule has 0 radical (unpaired) electrons. The highest BCUT2D eigenvalue weighted by molar-refractivity contribution is 5.85. The van der Waals surface area contributed by atoms with Gasteiger partial charge in [0.1, 0.15) is 0 Å². The first kappa shape index (κ1) is 15.3. The van der Waals surface area contributed by atoms with Crippen LogP contribution in [0.4, 0.5) is 0 Å². The van der Waals surface area contributed by atoms with E-state index in [-0.39, 0.29) is 12.4 Å². The predicted molar refractivity (Wildman–Crippen MR) is 76.7 cm³/mol. The Balaban J connectivity index is 0.00000144. The van der Waals surface area contributed by atoms with Crippen LogP contribution < -0.4 is 5.73 Å². The van der Waals surface area contributed by atoms with Crippen LogP contribution >= 0.6 is 12.4 Å². The molecule has 0 amide bonds. The zero-order valence-corrected chi connectivity index (χ0v) is 12.1. The summed E-state index contributed by atoms with van der Waals surface area (Å²) in [5.41, 5.74) is 6.25. The van der Waals surface area contributed by atoms with Gasteiger partial charge in [0.15, 0.2) is 0 Å². The summed E-state index contributed by atoms with van der Waals surface area (Å²) in [4.78, 5) is 2.64. The van der Waals surface area contributed by atoms with Crippen LogP contribution in [-0.4, -0.2) is 31.1 Å². The van der Waals surface area contributed by atoms with Crippen LogP contribution in [0.3, 0.4) is 0 Å². The fourth-order valence-corrected chi connectivity index (χ4v) is 3.32. The first-order valence-electron chi connectivity index (χ1n) is 7.14. The van der Waals surface area contributed by atoms with E-state index in [4.69, 9.17) is 5.73 Å². The first-order chi connectivity index (χ1) is 7.72. The molecule has 2 N–H and O–H groups in total. The van der Waals surface area contributed by atoms with Crippen molar-refractivity contribution in [1.29, 1.82) is 0 Å². The molecule has 1 unspecified atom stereocenters. The standard InChI is InChI=1S/C14H28N2.ClH/c1-14(11-15)8-10-16(12-14)9-7-13-5-3-2-4-6-13;/h13H,2-12,15H2,1H3;1H. The van der Waals surface area contributed by atoms with E-state index in [1.54, 1.807) is 0 Å². The number of nitrogens with zero attached hydrogens (tertiary/aromatic N) is 1. The molecule has 0 spiro atoms. The van der Waals surface area contributed by atoms with Crippen LogP contribution in [0.25, 0.3) is 0 Å². The summed E-state index contributed by atoms with van der Waals surface area (Å²) in [6.07, 6.45) is 10.1. The lowest BCUT2D eigenvalue weighted by Crippen LogP contribution is -2.32. The molecular formula is C14H29ClN2. The highest BCUT2D eigenvalue weighted by Gasteiger charge is 2.32. The van der Waals surface area contributed by atoms with E-state index in [0.29, 0.717) is 5.41 Å². The Morgan fingerprint density at radius 2 is 1.94 bits per heavy atom. The van der Waals surface area contributed by atoms with Gasteiger partial charge < -0.3 is 10.6 Å². The molecule has 17 heavy (non-hydrogen) atoms. The van der Waals surface area contributed by atoms with Crippen molar-refractivity contribution in [3.63, 3.8) is 0 Å². The van der Waals surface area contributed by atoms with Gasteiger partial charge in [0.25, 0.3) is 0 Å².